The lowest BCUT2D eigenvalue weighted by Gasteiger charge is -2.40. The molecule has 0 spiro atoms. The SMILES string of the molecule is CN(Cc1ccccc1)[C@@H](C(=O)C(Cc1c[nH]c2ccccc12)c1ccccc1)N1CCNCC1. The highest BCUT2D eigenvalue weighted by Crippen LogP contribution is 2.29. The van der Waals surface area contributed by atoms with Gasteiger partial charge in [0.15, 0.2) is 5.78 Å². The quantitative estimate of drug-likeness (QED) is 0.383. The van der Waals surface area contributed by atoms with Crippen LogP contribution in [0.5, 0.6) is 0 Å². The molecule has 2 heterocycles. The van der Waals surface area contributed by atoms with E-state index >= 15 is 0 Å². The number of Topliss-reactive ketones (excluding diaryl/α,β-unsaturated/α-hetero) is 1. The summed E-state index contributed by atoms with van der Waals surface area (Å²) in [5, 5.41) is 4.63. The first-order valence-corrected chi connectivity index (χ1v) is 12.5. The summed E-state index contributed by atoms with van der Waals surface area (Å²) in [6.45, 7) is 4.27. The van der Waals surface area contributed by atoms with E-state index in [2.05, 4.69) is 87.9 Å². The molecule has 0 amide bonds. The Bertz CT molecular complexity index is 1230. The predicted molar refractivity (Wildman–Crippen MR) is 142 cm³/mol. The summed E-state index contributed by atoms with van der Waals surface area (Å²) < 4.78 is 0. The third kappa shape index (κ3) is 5.38. The number of aromatic amines is 1. The normalized spacial score (nSPS) is 16.4. The number of carbonyl (C=O) groups is 1. The summed E-state index contributed by atoms with van der Waals surface area (Å²) in [4.78, 5) is 22.5. The van der Waals surface area contributed by atoms with Crippen LogP contribution >= 0.6 is 0 Å². The zero-order valence-corrected chi connectivity index (χ0v) is 20.4. The van der Waals surface area contributed by atoms with Crippen molar-refractivity contribution in [2.45, 2.75) is 25.0 Å². The van der Waals surface area contributed by atoms with Gasteiger partial charge >= 0.3 is 0 Å². The van der Waals surface area contributed by atoms with Crippen LogP contribution in [0.3, 0.4) is 0 Å². The number of H-pyrrole nitrogens is 1. The largest absolute Gasteiger partial charge is 0.361 e. The highest BCUT2D eigenvalue weighted by atomic mass is 16.1. The van der Waals surface area contributed by atoms with Gasteiger partial charge in [-0.15, -0.1) is 0 Å². The summed E-state index contributed by atoms with van der Waals surface area (Å²) in [6, 6.07) is 29.1. The van der Waals surface area contributed by atoms with E-state index in [0.29, 0.717) is 6.42 Å². The molecule has 1 fully saturated rings. The van der Waals surface area contributed by atoms with Crippen molar-refractivity contribution in [3.63, 3.8) is 0 Å². The van der Waals surface area contributed by atoms with Crippen molar-refractivity contribution in [1.29, 1.82) is 0 Å². The van der Waals surface area contributed by atoms with Gasteiger partial charge in [0.2, 0.25) is 0 Å². The van der Waals surface area contributed by atoms with E-state index in [4.69, 9.17) is 0 Å². The maximum Gasteiger partial charge on any atom is 0.172 e. The van der Waals surface area contributed by atoms with Gasteiger partial charge in [-0.3, -0.25) is 14.6 Å². The first kappa shape index (κ1) is 23.5. The molecule has 0 saturated carbocycles. The Morgan fingerprint density at radius 1 is 0.914 bits per heavy atom. The molecule has 5 heteroatoms. The van der Waals surface area contributed by atoms with Crippen molar-refractivity contribution >= 4 is 16.7 Å². The van der Waals surface area contributed by atoms with Crippen molar-refractivity contribution in [3.05, 3.63) is 108 Å². The molecule has 1 saturated heterocycles. The maximum atomic E-state index is 14.5. The summed E-state index contributed by atoms with van der Waals surface area (Å²) in [5.41, 5.74) is 4.60. The zero-order chi connectivity index (χ0) is 24.0. The van der Waals surface area contributed by atoms with Crippen LogP contribution in [-0.2, 0) is 17.8 Å². The van der Waals surface area contributed by atoms with Gasteiger partial charge in [-0.2, -0.15) is 0 Å². The Morgan fingerprint density at radius 3 is 2.31 bits per heavy atom. The Morgan fingerprint density at radius 2 is 1.57 bits per heavy atom. The number of rotatable bonds is 9. The number of hydrogen-bond donors (Lipinski definition) is 2. The van der Waals surface area contributed by atoms with E-state index in [-0.39, 0.29) is 17.9 Å². The van der Waals surface area contributed by atoms with E-state index in [1.807, 2.05) is 30.3 Å². The van der Waals surface area contributed by atoms with Gasteiger partial charge in [0.25, 0.3) is 0 Å². The van der Waals surface area contributed by atoms with E-state index in [0.717, 1.165) is 43.8 Å². The molecule has 180 valence electrons. The Hall–Kier alpha value is -3.25. The van der Waals surface area contributed by atoms with Crippen LogP contribution < -0.4 is 5.32 Å². The number of benzene rings is 3. The molecule has 1 aliphatic rings. The molecule has 1 unspecified atom stereocenters. The number of carbonyl (C=O) groups excluding carboxylic acids is 1. The Labute approximate surface area is 207 Å². The lowest BCUT2D eigenvalue weighted by atomic mass is 9.86. The number of hydrogen-bond acceptors (Lipinski definition) is 4. The average Bonchev–Trinajstić information content (AvgIpc) is 3.32. The highest BCUT2D eigenvalue weighted by Gasteiger charge is 2.36. The topological polar surface area (TPSA) is 51.4 Å². The fourth-order valence-electron chi connectivity index (χ4n) is 5.33. The molecular formula is C30H34N4O. The van der Waals surface area contributed by atoms with Crippen LogP contribution in [0.15, 0.2) is 91.1 Å². The second-order valence-corrected chi connectivity index (χ2v) is 9.49. The molecule has 2 atom stereocenters. The molecule has 2 N–H and O–H groups in total. The lowest BCUT2D eigenvalue weighted by molar-refractivity contribution is -0.133. The molecule has 0 bridgehead atoms. The molecule has 3 aromatic carbocycles. The van der Waals surface area contributed by atoms with Crippen molar-refractivity contribution in [2.24, 2.45) is 0 Å². The molecule has 4 aromatic rings. The minimum atomic E-state index is -0.285. The lowest BCUT2D eigenvalue weighted by Crippen LogP contribution is -2.58. The van der Waals surface area contributed by atoms with Crippen LogP contribution in [0.1, 0.15) is 22.6 Å². The molecule has 0 radical (unpaired) electrons. The summed E-state index contributed by atoms with van der Waals surface area (Å²) in [7, 11) is 2.09. The second-order valence-electron chi connectivity index (χ2n) is 9.49. The smallest absolute Gasteiger partial charge is 0.172 e. The molecule has 35 heavy (non-hydrogen) atoms. The predicted octanol–water partition coefficient (Wildman–Crippen LogP) is 4.43. The van der Waals surface area contributed by atoms with Gasteiger partial charge in [-0.1, -0.05) is 78.9 Å². The Kier molecular flexibility index (Phi) is 7.38. The minimum absolute atomic E-state index is 0.228. The van der Waals surface area contributed by atoms with Gasteiger partial charge in [-0.05, 0) is 36.2 Å². The fourth-order valence-corrected chi connectivity index (χ4v) is 5.33. The molecule has 5 rings (SSSR count). The van der Waals surface area contributed by atoms with Crippen LogP contribution in [0.2, 0.25) is 0 Å². The van der Waals surface area contributed by atoms with Gasteiger partial charge in [-0.25, -0.2) is 0 Å². The highest BCUT2D eigenvalue weighted by molar-refractivity contribution is 5.91. The monoisotopic (exact) mass is 466 g/mol. The first-order valence-electron chi connectivity index (χ1n) is 12.5. The molecule has 5 nitrogen and oxygen atoms in total. The maximum absolute atomic E-state index is 14.5. The van der Waals surface area contributed by atoms with Crippen molar-refractivity contribution in [2.75, 3.05) is 33.2 Å². The molecular weight excluding hydrogens is 432 g/mol. The number of piperazine rings is 1. The molecule has 1 aliphatic heterocycles. The number of fused-ring (bicyclic) bond motifs is 1. The van der Waals surface area contributed by atoms with Crippen LogP contribution in [0, 0.1) is 0 Å². The molecule has 0 aliphatic carbocycles. The number of nitrogens with one attached hydrogen (secondary N) is 2. The van der Waals surface area contributed by atoms with Crippen molar-refractivity contribution < 1.29 is 4.79 Å². The summed E-state index contributed by atoms with van der Waals surface area (Å²) in [6.07, 6.45) is 2.46. The van der Waals surface area contributed by atoms with E-state index in [9.17, 15) is 4.79 Å². The summed E-state index contributed by atoms with van der Waals surface area (Å²) in [5.74, 6) is 0.0373. The minimum Gasteiger partial charge on any atom is -0.361 e. The van der Waals surface area contributed by atoms with Gasteiger partial charge < -0.3 is 10.3 Å². The number of aromatic nitrogens is 1. The van der Waals surface area contributed by atoms with Crippen molar-refractivity contribution in [3.8, 4) is 0 Å². The van der Waals surface area contributed by atoms with Crippen LogP contribution in [-0.4, -0.2) is 60.0 Å². The second kappa shape index (κ2) is 11.0. The van der Waals surface area contributed by atoms with Crippen LogP contribution in [0.25, 0.3) is 10.9 Å². The van der Waals surface area contributed by atoms with Crippen LogP contribution in [0.4, 0.5) is 0 Å². The van der Waals surface area contributed by atoms with Gasteiger partial charge in [0, 0.05) is 55.7 Å². The van der Waals surface area contributed by atoms with Crippen molar-refractivity contribution in [1.82, 2.24) is 20.1 Å². The third-order valence-corrected chi connectivity index (χ3v) is 7.09. The third-order valence-electron chi connectivity index (χ3n) is 7.09. The number of ketones is 1. The average molecular weight is 467 g/mol. The molecule has 1 aromatic heterocycles. The zero-order valence-electron chi connectivity index (χ0n) is 20.4. The number of para-hydroxylation sites is 1. The fraction of sp³-hybridized carbons (Fsp3) is 0.300. The van der Waals surface area contributed by atoms with E-state index < -0.39 is 0 Å². The van der Waals surface area contributed by atoms with Gasteiger partial charge in [0.1, 0.15) is 6.17 Å². The first-order chi connectivity index (χ1) is 17.2. The van der Waals surface area contributed by atoms with E-state index in [1.165, 1.54) is 16.5 Å². The number of nitrogens with zero attached hydrogens (tertiary/aromatic N) is 2. The van der Waals surface area contributed by atoms with E-state index in [1.54, 1.807) is 0 Å². The standard InChI is InChI=1S/C30H34N4O/c1-33(22-23-10-4-2-5-11-23)30(34-18-16-31-17-19-34)29(35)27(24-12-6-3-7-13-24)20-25-21-32-28-15-9-8-14-26(25)28/h2-15,21,27,30-32H,16-20,22H2,1H3/t27?,30-/m1/s1. The Balaban J connectivity index is 1.49. The summed E-state index contributed by atoms with van der Waals surface area (Å²) >= 11 is 0. The van der Waals surface area contributed by atoms with Gasteiger partial charge in [0.05, 0.1) is 0 Å². The number of likely N-dealkylation sites (N-methyl/N-ethyl adjacent to an activating group) is 1.